The van der Waals surface area contributed by atoms with Gasteiger partial charge in [0, 0.05) is 29.0 Å². The summed E-state index contributed by atoms with van der Waals surface area (Å²) in [4.78, 5) is 2.50. The molecule has 0 fully saturated rings. The molecule has 1 aromatic rings. The molecule has 0 aliphatic carbocycles. The van der Waals surface area contributed by atoms with Gasteiger partial charge in [0.15, 0.2) is 0 Å². The Morgan fingerprint density at radius 2 is 2.24 bits per heavy atom. The van der Waals surface area contributed by atoms with Crippen molar-refractivity contribution >= 4 is 33.1 Å². The lowest BCUT2D eigenvalue weighted by Crippen LogP contribution is -2.31. The normalized spacial score (nSPS) is 12.8. The van der Waals surface area contributed by atoms with Crippen LogP contribution in [0.3, 0.4) is 0 Å². The van der Waals surface area contributed by atoms with Crippen LogP contribution in [0.4, 0.5) is 4.39 Å². The second kappa shape index (κ2) is 6.42. The van der Waals surface area contributed by atoms with Crippen LogP contribution in [0, 0.1) is 11.7 Å². The van der Waals surface area contributed by atoms with Crippen molar-refractivity contribution in [3.05, 3.63) is 34.1 Å². The molecule has 0 saturated carbocycles. The second-order valence-electron chi connectivity index (χ2n) is 4.24. The van der Waals surface area contributed by atoms with Crippen molar-refractivity contribution in [1.29, 1.82) is 0 Å². The van der Waals surface area contributed by atoms with Crippen LogP contribution in [0.5, 0.6) is 0 Å². The predicted molar refractivity (Wildman–Crippen MR) is 76.4 cm³/mol. The molecule has 0 aromatic heterocycles. The van der Waals surface area contributed by atoms with Gasteiger partial charge in [0.1, 0.15) is 5.82 Å². The fourth-order valence-corrected chi connectivity index (χ4v) is 2.06. The first kappa shape index (κ1) is 14.5. The van der Waals surface area contributed by atoms with Gasteiger partial charge in [-0.05, 0) is 25.2 Å². The molecule has 0 saturated heterocycles. The van der Waals surface area contributed by atoms with Crippen molar-refractivity contribution in [3.8, 4) is 0 Å². The summed E-state index contributed by atoms with van der Waals surface area (Å²) in [7, 11) is 1.93. The van der Waals surface area contributed by atoms with Gasteiger partial charge in [-0.25, -0.2) is 4.39 Å². The van der Waals surface area contributed by atoms with E-state index in [-0.39, 0.29) is 11.7 Å². The van der Waals surface area contributed by atoms with Crippen LogP contribution < -0.4 is 5.73 Å². The highest BCUT2D eigenvalue weighted by Crippen LogP contribution is 2.17. The van der Waals surface area contributed by atoms with E-state index in [1.807, 2.05) is 18.9 Å². The van der Waals surface area contributed by atoms with Crippen molar-refractivity contribution in [2.24, 2.45) is 11.7 Å². The predicted octanol–water partition coefficient (Wildman–Crippen LogP) is 2.94. The summed E-state index contributed by atoms with van der Waals surface area (Å²) < 4.78 is 14.4. The van der Waals surface area contributed by atoms with Gasteiger partial charge in [-0.15, -0.1) is 0 Å². The molecule has 0 spiro atoms. The van der Waals surface area contributed by atoms with Gasteiger partial charge < -0.3 is 10.6 Å². The van der Waals surface area contributed by atoms with E-state index in [0.29, 0.717) is 17.1 Å². The van der Waals surface area contributed by atoms with E-state index in [0.717, 1.165) is 11.0 Å². The van der Waals surface area contributed by atoms with Crippen molar-refractivity contribution in [2.75, 3.05) is 13.6 Å². The highest BCUT2D eigenvalue weighted by Gasteiger charge is 2.11. The molecule has 1 aromatic carbocycles. The summed E-state index contributed by atoms with van der Waals surface area (Å²) in [6.07, 6.45) is 0. The van der Waals surface area contributed by atoms with Crippen LogP contribution in [0.15, 0.2) is 22.7 Å². The molecule has 0 heterocycles. The number of rotatable bonds is 5. The van der Waals surface area contributed by atoms with E-state index >= 15 is 0 Å². The molecule has 2 N–H and O–H groups in total. The Balaban J connectivity index is 2.64. The van der Waals surface area contributed by atoms with Gasteiger partial charge in [-0.3, -0.25) is 0 Å². The number of halogens is 2. The van der Waals surface area contributed by atoms with Crippen LogP contribution in [-0.2, 0) is 6.54 Å². The Kier molecular flexibility index (Phi) is 5.49. The van der Waals surface area contributed by atoms with E-state index in [1.54, 1.807) is 12.1 Å². The molecule has 1 rings (SSSR count). The summed E-state index contributed by atoms with van der Waals surface area (Å²) in [5, 5.41) is 0. The first-order valence-corrected chi connectivity index (χ1v) is 6.52. The second-order valence-corrected chi connectivity index (χ2v) is 5.62. The Hall–Kier alpha value is -0.520. The molecule has 0 aliphatic heterocycles. The lowest BCUT2D eigenvalue weighted by Gasteiger charge is -2.21. The summed E-state index contributed by atoms with van der Waals surface area (Å²) in [6.45, 7) is 3.23. The van der Waals surface area contributed by atoms with E-state index in [2.05, 4.69) is 15.9 Å². The zero-order valence-electron chi connectivity index (χ0n) is 9.91. The molecule has 0 amide bonds. The van der Waals surface area contributed by atoms with E-state index in [1.165, 1.54) is 6.07 Å². The number of thiocarbonyl (C=S) groups is 1. The molecule has 2 nitrogen and oxygen atoms in total. The minimum atomic E-state index is -0.192. The number of hydrogen-bond donors (Lipinski definition) is 1. The fraction of sp³-hybridized carbons (Fsp3) is 0.417. The summed E-state index contributed by atoms with van der Waals surface area (Å²) in [5.74, 6) is -0.0618. The third-order valence-corrected chi connectivity index (χ3v) is 3.41. The van der Waals surface area contributed by atoms with E-state index in [4.69, 9.17) is 18.0 Å². The topological polar surface area (TPSA) is 29.3 Å². The third-order valence-electron chi connectivity index (χ3n) is 2.52. The van der Waals surface area contributed by atoms with Crippen LogP contribution in [0.25, 0.3) is 0 Å². The van der Waals surface area contributed by atoms with Gasteiger partial charge in [-0.1, -0.05) is 35.1 Å². The first-order chi connectivity index (χ1) is 7.90. The van der Waals surface area contributed by atoms with Gasteiger partial charge in [0.2, 0.25) is 0 Å². The molecule has 1 unspecified atom stereocenters. The molecule has 94 valence electrons. The Bertz CT molecular complexity index is 411. The average Bonchev–Trinajstić information content (AvgIpc) is 2.23. The highest BCUT2D eigenvalue weighted by molar-refractivity contribution is 9.10. The maximum Gasteiger partial charge on any atom is 0.127 e. The fourth-order valence-electron chi connectivity index (χ4n) is 1.58. The van der Waals surface area contributed by atoms with Crippen molar-refractivity contribution < 1.29 is 4.39 Å². The van der Waals surface area contributed by atoms with Gasteiger partial charge in [-0.2, -0.15) is 0 Å². The quantitative estimate of drug-likeness (QED) is 0.846. The van der Waals surface area contributed by atoms with Gasteiger partial charge in [0.25, 0.3) is 0 Å². The molecular formula is C12H16BrFN2S. The summed E-state index contributed by atoms with van der Waals surface area (Å²) in [6, 6.07) is 4.94. The Morgan fingerprint density at radius 3 is 2.82 bits per heavy atom. The van der Waals surface area contributed by atoms with Crippen LogP contribution in [-0.4, -0.2) is 23.5 Å². The van der Waals surface area contributed by atoms with Gasteiger partial charge >= 0.3 is 0 Å². The minimum absolute atomic E-state index is 0.130. The van der Waals surface area contributed by atoms with Crippen molar-refractivity contribution in [2.45, 2.75) is 13.5 Å². The monoisotopic (exact) mass is 318 g/mol. The minimum Gasteiger partial charge on any atom is -0.393 e. The molecule has 0 radical (unpaired) electrons. The standard InChI is InChI=1S/C12H16BrFN2S/c1-8(12(15)17)6-16(2)7-9-5-10(13)3-4-11(9)14/h3-5,8H,6-7H2,1-2H3,(H2,15,17). The Labute approximate surface area is 115 Å². The smallest absolute Gasteiger partial charge is 0.127 e. The molecule has 5 heteroatoms. The molecule has 17 heavy (non-hydrogen) atoms. The molecule has 0 aliphatic rings. The maximum atomic E-state index is 13.5. The first-order valence-electron chi connectivity index (χ1n) is 5.32. The maximum absolute atomic E-state index is 13.5. The summed E-state index contributed by atoms with van der Waals surface area (Å²) in [5.41, 5.74) is 6.22. The van der Waals surface area contributed by atoms with Crippen LogP contribution in [0.2, 0.25) is 0 Å². The largest absolute Gasteiger partial charge is 0.393 e. The average molecular weight is 319 g/mol. The number of nitrogens with zero attached hydrogens (tertiary/aromatic N) is 1. The molecule has 1 atom stereocenters. The lowest BCUT2D eigenvalue weighted by atomic mass is 10.1. The lowest BCUT2D eigenvalue weighted by molar-refractivity contribution is 0.303. The number of nitrogens with two attached hydrogens (primary N) is 1. The highest BCUT2D eigenvalue weighted by atomic mass is 79.9. The van der Waals surface area contributed by atoms with Gasteiger partial charge in [0.05, 0.1) is 4.99 Å². The zero-order chi connectivity index (χ0) is 13.0. The van der Waals surface area contributed by atoms with E-state index < -0.39 is 0 Å². The summed E-state index contributed by atoms with van der Waals surface area (Å²) >= 11 is 8.25. The number of benzene rings is 1. The molecular weight excluding hydrogens is 303 g/mol. The third kappa shape index (κ3) is 4.69. The Morgan fingerprint density at radius 1 is 1.59 bits per heavy atom. The van der Waals surface area contributed by atoms with E-state index in [9.17, 15) is 4.39 Å². The zero-order valence-corrected chi connectivity index (χ0v) is 12.3. The number of hydrogen-bond acceptors (Lipinski definition) is 2. The SMILES string of the molecule is CC(CN(C)Cc1cc(Br)ccc1F)C(N)=S. The van der Waals surface area contributed by atoms with Crippen molar-refractivity contribution in [3.63, 3.8) is 0 Å². The van der Waals surface area contributed by atoms with Crippen LogP contribution in [0.1, 0.15) is 12.5 Å². The van der Waals surface area contributed by atoms with Crippen molar-refractivity contribution in [1.82, 2.24) is 4.90 Å². The molecule has 0 bridgehead atoms. The van der Waals surface area contributed by atoms with Crippen LogP contribution >= 0.6 is 28.1 Å².